The van der Waals surface area contributed by atoms with Gasteiger partial charge in [-0.25, -0.2) is 0 Å². The van der Waals surface area contributed by atoms with Crippen molar-refractivity contribution in [1.29, 1.82) is 0 Å². The third-order valence-electron chi connectivity index (χ3n) is 4.42. The minimum Gasteiger partial charge on any atom is -0.385 e. The number of rotatable bonds is 5. The van der Waals surface area contributed by atoms with E-state index in [1.165, 1.54) is 11.8 Å². The fourth-order valence-corrected chi connectivity index (χ4v) is 4.03. The number of thioether (sulfide) groups is 1. The van der Waals surface area contributed by atoms with Crippen LogP contribution in [0, 0.1) is 0 Å². The highest BCUT2D eigenvalue weighted by Crippen LogP contribution is 2.36. The first-order chi connectivity index (χ1) is 14.2. The number of nitrogens with one attached hydrogen (secondary N) is 1. The van der Waals surface area contributed by atoms with Crippen molar-refractivity contribution in [3.63, 3.8) is 0 Å². The summed E-state index contributed by atoms with van der Waals surface area (Å²) in [4.78, 5) is 19.6. The molecule has 29 heavy (non-hydrogen) atoms. The maximum atomic E-state index is 12.6. The third kappa shape index (κ3) is 4.41. The number of hydrogen-bond donors (Lipinski definition) is 1. The summed E-state index contributed by atoms with van der Waals surface area (Å²) in [6.07, 6.45) is 1.90. The van der Waals surface area contributed by atoms with Crippen LogP contribution in [0.5, 0.6) is 0 Å². The highest BCUT2D eigenvalue weighted by atomic mass is 32.2. The van der Waals surface area contributed by atoms with Crippen LogP contribution >= 0.6 is 11.8 Å². The summed E-state index contributed by atoms with van der Waals surface area (Å²) in [6.45, 7) is 2.94. The first-order valence-corrected chi connectivity index (χ1v) is 10.3. The Morgan fingerprint density at radius 2 is 1.48 bits per heavy atom. The smallest absolute Gasteiger partial charge is 0.286 e. The van der Waals surface area contributed by atoms with E-state index in [9.17, 15) is 4.79 Å². The van der Waals surface area contributed by atoms with Gasteiger partial charge in [-0.3, -0.25) is 9.69 Å². The molecule has 4 nitrogen and oxygen atoms in total. The van der Waals surface area contributed by atoms with Crippen LogP contribution in [0.4, 0.5) is 17.1 Å². The minimum atomic E-state index is -0.211. The summed E-state index contributed by atoms with van der Waals surface area (Å²) in [7, 11) is 0. The van der Waals surface area contributed by atoms with Crippen LogP contribution in [0.1, 0.15) is 12.5 Å². The second-order valence-electron chi connectivity index (χ2n) is 6.47. The van der Waals surface area contributed by atoms with E-state index >= 15 is 0 Å². The van der Waals surface area contributed by atoms with Gasteiger partial charge >= 0.3 is 0 Å². The Kier molecular flexibility index (Phi) is 5.77. The second-order valence-corrected chi connectivity index (χ2v) is 7.48. The van der Waals surface area contributed by atoms with E-state index in [2.05, 4.69) is 17.2 Å². The lowest BCUT2D eigenvalue weighted by Crippen LogP contribution is -2.21. The number of nitrogens with zero attached hydrogens (tertiary/aromatic N) is 2. The molecule has 4 rings (SSSR count). The van der Waals surface area contributed by atoms with E-state index in [1.807, 2.05) is 95.9 Å². The quantitative estimate of drug-likeness (QED) is 0.540. The topological polar surface area (TPSA) is 44.7 Å². The van der Waals surface area contributed by atoms with Crippen LogP contribution in [-0.2, 0) is 4.79 Å². The van der Waals surface area contributed by atoms with E-state index in [0.29, 0.717) is 10.1 Å². The Balaban J connectivity index is 1.63. The van der Waals surface area contributed by atoms with Gasteiger partial charge in [0.05, 0.1) is 4.91 Å². The molecule has 0 unspecified atom stereocenters. The molecular formula is C24H21N3OS. The molecule has 5 heteroatoms. The number of amidine groups is 1. The molecule has 0 saturated heterocycles. The zero-order valence-electron chi connectivity index (χ0n) is 16.1. The molecule has 0 spiro atoms. The van der Waals surface area contributed by atoms with Crippen LogP contribution in [0.2, 0.25) is 0 Å². The molecule has 0 aromatic heterocycles. The van der Waals surface area contributed by atoms with Gasteiger partial charge in [-0.15, -0.1) is 0 Å². The molecular weight excluding hydrogens is 378 g/mol. The van der Waals surface area contributed by atoms with Crippen LogP contribution in [-0.4, -0.2) is 17.6 Å². The molecule has 1 aliphatic rings. The maximum Gasteiger partial charge on any atom is 0.286 e. The summed E-state index contributed by atoms with van der Waals surface area (Å²) < 4.78 is 0. The second kappa shape index (κ2) is 8.80. The standard InChI is InChI=1S/C24H21N3OS/c1-2-25-19-15-13-18(14-16-19)17-22-23(28)26-24(29-22)27(20-9-5-3-6-10-20)21-11-7-4-8-12-21/h3-17,25H,2H2,1H3/b22-17+. The molecule has 0 atom stereocenters. The van der Waals surface area contributed by atoms with Crippen molar-refractivity contribution in [2.75, 3.05) is 16.8 Å². The minimum absolute atomic E-state index is 0.211. The Bertz CT molecular complexity index is 1010. The van der Waals surface area contributed by atoms with E-state index in [1.54, 1.807) is 0 Å². The van der Waals surface area contributed by atoms with Crippen molar-refractivity contribution >= 4 is 46.0 Å². The molecule has 1 amide bonds. The van der Waals surface area contributed by atoms with Crippen molar-refractivity contribution in [2.24, 2.45) is 4.99 Å². The zero-order valence-corrected chi connectivity index (χ0v) is 16.9. The molecule has 0 aliphatic carbocycles. The number of amides is 1. The van der Waals surface area contributed by atoms with Gasteiger partial charge in [0, 0.05) is 23.6 Å². The number of carbonyl (C=O) groups excluding carboxylic acids is 1. The van der Waals surface area contributed by atoms with Gasteiger partial charge in [0.25, 0.3) is 5.91 Å². The van der Waals surface area contributed by atoms with Gasteiger partial charge in [-0.1, -0.05) is 48.5 Å². The lowest BCUT2D eigenvalue weighted by molar-refractivity contribution is -0.113. The van der Waals surface area contributed by atoms with Gasteiger partial charge in [-0.05, 0) is 66.7 Å². The van der Waals surface area contributed by atoms with Gasteiger partial charge in [-0.2, -0.15) is 4.99 Å². The number of hydrogen-bond acceptors (Lipinski definition) is 4. The normalized spacial score (nSPS) is 14.7. The van der Waals surface area contributed by atoms with Gasteiger partial charge in [0.2, 0.25) is 0 Å². The Morgan fingerprint density at radius 3 is 2.03 bits per heavy atom. The van der Waals surface area contributed by atoms with Crippen molar-refractivity contribution in [3.05, 3.63) is 95.4 Å². The number of aliphatic imine (C=N–C) groups is 1. The highest BCUT2D eigenvalue weighted by Gasteiger charge is 2.28. The van der Waals surface area contributed by atoms with E-state index in [-0.39, 0.29) is 5.91 Å². The highest BCUT2D eigenvalue weighted by molar-refractivity contribution is 8.18. The Labute approximate surface area is 175 Å². The largest absolute Gasteiger partial charge is 0.385 e. The fourth-order valence-electron chi connectivity index (χ4n) is 3.07. The summed E-state index contributed by atoms with van der Waals surface area (Å²) >= 11 is 1.40. The van der Waals surface area contributed by atoms with Gasteiger partial charge in [0.15, 0.2) is 5.17 Å². The Morgan fingerprint density at radius 1 is 0.897 bits per heavy atom. The molecule has 1 aliphatic heterocycles. The van der Waals surface area contributed by atoms with Crippen LogP contribution in [0.25, 0.3) is 6.08 Å². The monoisotopic (exact) mass is 399 g/mol. The molecule has 0 bridgehead atoms. The molecule has 3 aromatic rings. The maximum absolute atomic E-state index is 12.6. The van der Waals surface area contributed by atoms with Crippen LogP contribution in [0.3, 0.4) is 0 Å². The molecule has 0 saturated carbocycles. The predicted octanol–water partition coefficient (Wildman–Crippen LogP) is 5.93. The lowest BCUT2D eigenvalue weighted by Gasteiger charge is -2.23. The molecule has 1 N–H and O–H groups in total. The number of anilines is 3. The van der Waals surface area contributed by atoms with Crippen molar-refractivity contribution in [1.82, 2.24) is 0 Å². The SMILES string of the molecule is CCNc1ccc(/C=C2/SC(N(c3ccccc3)c3ccccc3)=NC2=O)cc1. The molecule has 3 aromatic carbocycles. The van der Waals surface area contributed by atoms with Crippen molar-refractivity contribution in [2.45, 2.75) is 6.92 Å². The summed E-state index contributed by atoms with van der Waals surface area (Å²) in [5.74, 6) is -0.211. The van der Waals surface area contributed by atoms with E-state index in [4.69, 9.17) is 0 Å². The average Bonchev–Trinajstić information content (AvgIpc) is 3.11. The first-order valence-electron chi connectivity index (χ1n) is 9.51. The van der Waals surface area contributed by atoms with Crippen molar-refractivity contribution in [3.8, 4) is 0 Å². The van der Waals surface area contributed by atoms with Crippen LogP contribution < -0.4 is 10.2 Å². The first kappa shape index (κ1) is 19.0. The number of carbonyl (C=O) groups is 1. The summed E-state index contributed by atoms with van der Waals surface area (Å²) in [6, 6.07) is 28.0. The molecule has 1 heterocycles. The summed E-state index contributed by atoms with van der Waals surface area (Å²) in [5.41, 5.74) is 3.98. The lowest BCUT2D eigenvalue weighted by atomic mass is 10.2. The summed E-state index contributed by atoms with van der Waals surface area (Å²) in [5, 5.41) is 3.93. The van der Waals surface area contributed by atoms with Crippen LogP contribution in [0.15, 0.2) is 94.8 Å². The predicted molar refractivity (Wildman–Crippen MR) is 124 cm³/mol. The number of benzene rings is 3. The molecule has 0 radical (unpaired) electrons. The fraction of sp³-hybridized carbons (Fsp3) is 0.0833. The van der Waals surface area contributed by atoms with Gasteiger partial charge in [0.1, 0.15) is 0 Å². The molecule has 0 fully saturated rings. The Hall–Kier alpha value is -3.31. The van der Waals surface area contributed by atoms with Gasteiger partial charge < -0.3 is 5.32 Å². The average molecular weight is 400 g/mol. The molecule has 144 valence electrons. The van der Waals surface area contributed by atoms with E-state index < -0.39 is 0 Å². The van der Waals surface area contributed by atoms with E-state index in [0.717, 1.165) is 29.2 Å². The zero-order chi connectivity index (χ0) is 20.1. The third-order valence-corrected chi connectivity index (χ3v) is 5.39. The van der Waals surface area contributed by atoms with Crippen molar-refractivity contribution < 1.29 is 4.79 Å². The number of para-hydroxylation sites is 2.